The maximum Gasteiger partial charge on any atom is 0.166 e. The number of H-pyrrole nitrogens is 1. The molecule has 4 rings (SSSR count). The van der Waals surface area contributed by atoms with Gasteiger partial charge in [0.2, 0.25) is 0 Å². The first-order valence-corrected chi connectivity index (χ1v) is 11.5. The van der Waals surface area contributed by atoms with E-state index >= 15 is 0 Å². The highest BCUT2D eigenvalue weighted by molar-refractivity contribution is 7.98. The zero-order valence-corrected chi connectivity index (χ0v) is 17.3. The minimum Gasteiger partial charge on any atom is -0.612 e. The summed E-state index contributed by atoms with van der Waals surface area (Å²) >= 11 is 0.544. The van der Waals surface area contributed by atoms with Crippen molar-refractivity contribution >= 4 is 22.9 Å². The third kappa shape index (κ3) is 4.70. The van der Waals surface area contributed by atoms with Crippen LogP contribution in [0, 0.1) is 5.82 Å². The summed E-state index contributed by atoms with van der Waals surface area (Å²) in [6.07, 6.45) is 3.40. The summed E-state index contributed by atoms with van der Waals surface area (Å²) in [5, 5.41) is 0.744. The predicted octanol–water partition coefficient (Wildman–Crippen LogP) is 5.31. The molecule has 0 bridgehead atoms. The molecular formula is C22H18FN3OS2. The minimum absolute atomic E-state index is 0.282. The summed E-state index contributed by atoms with van der Waals surface area (Å²) in [7, 11) is 0. The van der Waals surface area contributed by atoms with Crippen LogP contribution in [0.25, 0.3) is 22.6 Å². The Morgan fingerprint density at radius 2 is 1.90 bits per heavy atom. The van der Waals surface area contributed by atoms with E-state index < -0.39 is 11.2 Å². The molecule has 0 amide bonds. The number of hydrogen-bond acceptors (Lipinski definition) is 4. The van der Waals surface area contributed by atoms with Crippen LogP contribution in [0.1, 0.15) is 5.56 Å². The van der Waals surface area contributed by atoms with Gasteiger partial charge >= 0.3 is 0 Å². The molecule has 0 radical (unpaired) electrons. The number of halogens is 1. The highest BCUT2D eigenvalue weighted by Gasteiger charge is 2.16. The molecule has 0 saturated carbocycles. The van der Waals surface area contributed by atoms with Gasteiger partial charge < -0.3 is 9.54 Å². The van der Waals surface area contributed by atoms with E-state index in [0.717, 1.165) is 38.3 Å². The number of nitrogens with zero attached hydrogens (tertiary/aromatic N) is 2. The molecule has 2 aromatic heterocycles. The molecule has 7 heteroatoms. The van der Waals surface area contributed by atoms with Crippen molar-refractivity contribution in [3.05, 3.63) is 84.3 Å². The molecule has 0 saturated heterocycles. The Morgan fingerprint density at radius 3 is 2.62 bits per heavy atom. The number of imidazole rings is 1. The van der Waals surface area contributed by atoms with Crippen molar-refractivity contribution < 1.29 is 8.94 Å². The normalized spacial score (nSPS) is 12.1. The van der Waals surface area contributed by atoms with Gasteiger partial charge in [-0.05, 0) is 65.3 Å². The molecule has 146 valence electrons. The van der Waals surface area contributed by atoms with E-state index in [1.165, 1.54) is 12.1 Å². The average Bonchev–Trinajstić information content (AvgIpc) is 3.18. The molecular weight excluding hydrogens is 405 g/mol. The van der Waals surface area contributed by atoms with Crippen LogP contribution in [-0.2, 0) is 16.9 Å². The summed E-state index contributed by atoms with van der Waals surface area (Å²) in [5.41, 5.74) is 4.19. The Labute approximate surface area is 175 Å². The number of hydrogen-bond donors (Lipinski definition) is 1. The van der Waals surface area contributed by atoms with Gasteiger partial charge in [-0.2, -0.15) is 0 Å². The predicted molar refractivity (Wildman–Crippen MR) is 116 cm³/mol. The maximum absolute atomic E-state index is 13.4. The number of pyridine rings is 1. The van der Waals surface area contributed by atoms with Crippen molar-refractivity contribution in [2.75, 3.05) is 6.26 Å². The summed E-state index contributed by atoms with van der Waals surface area (Å²) in [4.78, 5) is 13.3. The molecule has 2 aromatic carbocycles. The van der Waals surface area contributed by atoms with Crippen LogP contribution in [0.5, 0.6) is 0 Å². The first-order chi connectivity index (χ1) is 14.1. The number of aromatic nitrogens is 3. The van der Waals surface area contributed by atoms with Crippen LogP contribution in [0.15, 0.2) is 83.0 Å². The van der Waals surface area contributed by atoms with E-state index in [1.54, 1.807) is 36.3 Å². The van der Waals surface area contributed by atoms with Gasteiger partial charge in [0, 0.05) is 17.5 Å². The highest BCUT2D eigenvalue weighted by Crippen LogP contribution is 2.33. The third-order valence-electron chi connectivity index (χ3n) is 4.33. The van der Waals surface area contributed by atoms with Crippen molar-refractivity contribution in [3.8, 4) is 22.6 Å². The van der Waals surface area contributed by atoms with Gasteiger partial charge in [-0.3, -0.25) is 4.98 Å². The average molecular weight is 424 g/mol. The molecule has 4 nitrogen and oxygen atoms in total. The smallest absolute Gasteiger partial charge is 0.166 e. The van der Waals surface area contributed by atoms with Crippen molar-refractivity contribution in [1.82, 2.24) is 15.0 Å². The second-order valence-corrected chi connectivity index (χ2v) is 8.72. The van der Waals surface area contributed by atoms with Gasteiger partial charge in [0.25, 0.3) is 0 Å². The van der Waals surface area contributed by atoms with Gasteiger partial charge in [-0.15, -0.1) is 0 Å². The Hall–Kier alpha value is -2.61. The Kier molecular flexibility index (Phi) is 5.99. The molecule has 0 fully saturated rings. The van der Waals surface area contributed by atoms with E-state index in [2.05, 4.69) is 9.97 Å². The van der Waals surface area contributed by atoms with Crippen molar-refractivity contribution in [2.24, 2.45) is 0 Å². The van der Waals surface area contributed by atoms with Crippen molar-refractivity contribution in [1.29, 1.82) is 0 Å². The fraction of sp³-hybridized carbons (Fsp3) is 0.0909. The summed E-state index contributed by atoms with van der Waals surface area (Å²) < 4.78 is 25.1. The third-order valence-corrected chi connectivity index (χ3v) is 6.19. The lowest BCUT2D eigenvalue weighted by atomic mass is 10.1. The summed E-state index contributed by atoms with van der Waals surface area (Å²) in [5.74, 6) is 0.402. The van der Waals surface area contributed by atoms with Gasteiger partial charge in [0.15, 0.2) is 10.1 Å². The molecule has 1 unspecified atom stereocenters. The topological polar surface area (TPSA) is 64.6 Å². The fourth-order valence-electron chi connectivity index (χ4n) is 2.90. The van der Waals surface area contributed by atoms with Crippen molar-refractivity contribution in [2.45, 2.75) is 15.8 Å². The maximum atomic E-state index is 13.4. The molecule has 0 aliphatic carbocycles. The zero-order chi connectivity index (χ0) is 20.2. The quantitative estimate of drug-likeness (QED) is 0.337. The SMILES string of the molecule is C[S+]([O-])c1cccc(CSc2nc(-c3ccccn3)c(-c3ccc(F)cc3)[nH]2)c1. The van der Waals surface area contributed by atoms with Crippen LogP contribution in [-0.4, -0.2) is 25.8 Å². The van der Waals surface area contributed by atoms with Crippen LogP contribution < -0.4 is 0 Å². The van der Waals surface area contributed by atoms with Gasteiger partial charge in [-0.25, -0.2) is 9.37 Å². The molecule has 4 aromatic rings. The lowest BCUT2D eigenvalue weighted by Crippen LogP contribution is -1.97. The molecule has 2 heterocycles. The molecule has 1 atom stereocenters. The Morgan fingerprint density at radius 1 is 1.07 bits per heavy atom. The number of aromatic amines is 1. The first kappa shape index (κ1) is 19.7. The van der Waals surface area contributed by atoms with E-state index in [1.807, 2.05) is 42.5 Å². The molecule has 0 aliphatic heterocycles. The molecule has 0 aliphatic rings. The zero-order valence-electron chi connectivity index (χ0n) is 15.6. The molecule has 1 N–H and O–H groups in total. The number of rotatable bonds is 6. The minimum atomic E-state index is -1.01. The largest absolute Gasteiger partial charge is 0.612 e. The van der Waals surface area contributed by atoms with Gasteiger partial charge in [0.05, 0.1) is 11.4 Å². The van der Waals surface area contributed by atoms with E-state index in [4.69, 9.17) is 4.98 Å². The standard InChI is InChI=1S/C22H18FN3OS2/c1-29(27)18-6-4-5-15(13-18)14-28-22-25-20(16-8-10-17(23)11-9-16)21(26-22)19-7-2-3-12-24-19/h2-13H,14H2,1H3,(H,25,26). The van der Waals surface area contributed by atoms with E-state index in [-0.39, 0.29) is 5.82 Å². The van der Waals surface area contributed by atoms with E-state index in [0.29, 0.717) is 5.75 Å². The number of nitrogens with one attached hydrogen (secondary N) is 1. The molecule has 0 spiro atoms. The van der Waals surface area contributed by atoms with Gasteiger partial charge in [0.1, 0.15) is 17.8 Å². The van der Waals surface area contributed by atoms with Crippen LogP contribution >= 0.6 is 11.8 Å². The summed E-state index contributed by atoms with van der Waals surface area (Å²) in [6.45, 7) is 0. The number of benzene rings is 2. The summed E-state index contributed by atoms with van der Waals surface area (Å²) in [6, 6.07) is 19.7. The van der Waals surface area contributed by atoms with E-state index in [9.17, 15) is 8.94 Å². The highest BCUT2D eigenvalue weighted by atomic mass is 32.2. The van der Waals surface area contributed by atoms with Gasteiger partial charge in [-0.1, -0.05) is 30.0 Å². The second-order valence-electron chi connectivity index (χ2n) is 6.38. The Bertz CT molecular complexity index is 1100. The lowest BCUT2D eigenvalue weighted by Gasteiger charge is -2.05. The lowest BCUT2D eigenvalue weighted by molar-refractivity contribution is 0.600. The number of thioether (sulfide) groups is 1. The van der Waals surface area contributed by atoms with Crippen molar-refractivity contribution in [3.63, 3.8) is 0 Å². The Balaban J connectivity index is 1.64. The second kappa shape index (κ2) is 8.82. The van der Waals surface area contributed by atoms with Crippen LogP contribution in [0.2, 0.25) is 0 Å². The fourth-order valence-corrected chi connectivity index (χ4v) is 4.30. The molecule has 29 heavy (non-hydrogen) atoms. The monoisotopic (exact) mass is 423 g/mol. The van der Waals surface area contributed by atoms with Crippen LogP contribution in [0.3, 0.4) is 0 Å². The first-order valence-electron chi connectivity index (χ1n) is 8.92. The van der Waals surface area contributed by atoms with Crippen LogP contribution in [0.4, 0.5) is 4.39 Å².